The van der Waals surface area contributed by atoms with E-state index in [9.17, 15) is 4.79 Å². The molecule has 7 heteroatoms. The molecule has 0 fully saturated rings. The van der Waals surface area contributed by atoms with Crippen LogP contribution in [0.15, 0.2) is 53.2 Å². The minimum absolute atomic E-state index is 0.145. The summed E-state index contributed by atoms with van der Waals surface area (Å²) in [7, 11) is 3.20. The Bertz CT molecular complexity index is 1150. The standard InChI is InChI=1S/C22H19NO4S2/c1-25-18-8-7-14(9-19(18)26-2)22-23-16(13-29-22)10-21(24)27-11-15-12-28-20-6-4-3-5-17(15)20/h3-9,12-13H,10-11H2,1-2H3. The summed E-state index contributed by atoms with van der Waals surface area (Å²) < 4.78 is 17.3. The van der Waals surface area contributed by atoms with E-state index in [4.69, 9.17) is 14.2 Å². The third kappa shape index (κ3) is 4.26. The van der Waals surface area contributed by atoms with Gasteiger partial charge in [-0.05, 0) is 35.0 Å². The number of fused-ring (bicyclic) bond motifs is 1. The van der Waals surface area contributed by atoms with Crippen molar-refractivity contribution in [3.05, 3.63) is 64.5 Å². The third-order valence-electron chi connectivity index (χ3n) is 4.46. The summed E-state index contributed by atoms with van der Waals surface area (Å²) in [6, 6.07) is 13.7. The smallest absolute Gasteiger partial charge is 0.312 e. The van der Waals surface area contributed by atoms with Gasteiger partial charge in [0.15, 0.2) is 11.5 Å². The predicted octanol–water partition coefficient (Wildman–Crippen LogP) is 5.33. The summed E-state index contributed by atoms with van der Waals surface area (Å²) >= 11 is 3.14. The molecule has 0 aliphatic rings. The third-order valence-corrected chi connectivity index (χ3v) is 6.41. The second-order valence-corrected chi connectivity index (χ2v) is 8.08. The molecular formula is C22H19NO4S2. The van der Waals surface area contributed by atoms with Gasteiger partial charge in [-0.1, -0.05) is 18.2 Å². The second kappa shape index (κ2) is 8.63. The van der Waals surface area contributed by atoms with Gasteiger partial charge in [-0.15, -0.1) is 22.7 Å². The summed E-state index contributed by atoms with van der Waals surface area (Å²) in [4.78, 5) is 16.9. The van der Waals surface area contributed by atoms with Crippen LogP contribution >= 0.6 is 22.7 Å². The average Bonchev–Trinajstić information content (AvgIpc) is 3.39. The second-order valence-electron chi connectivity index (χ2n) is 6.31. The summed E-state index contributed by atoms with van der Waals surface area (Å²) in [6.07, 6.45) is 0.145. The van der Waals surface area contributed by atoms with Gasteiger partial charge >= 0.3 is 5.97 Å². The van der Waals surface area contributed by atoms with Crippen molar-refractivity contribution in [1.82, 2.24) is 4.98 Å². The van der Waals surface area contributed by atoms with E-state index in [-0.39, 0.29) is 19.0 Å². The van der Waals surface area contributed by atoms with Crippen molar-refractivity contribution in [2.24, 2.45) is 0 Å². The van der Waals surface area contributed by atoms with E-state index in [1.54, 1.807) is 25.6 Å². The van der Waals surface area contributed by atoms with Crippen LogP contribution in [-0.2, 0) is 22.6 Å². The fourth-order valence-corrected chi connectivity index (χ4v) is 4.76. The van der Waals surface area contributed by atoms with Crippen LogP contribution < -0.4 is 9.47 Å². The van der Waals surface area contributed by atoms with Gasteiger partial charge in [-0.2, -0.15) is 0 Å². The normalized spacial score (nSPS) is 10.8. The molecule has 0 aliphatic carbocycles. The lowest BCUT2D eigenvalue weighted by molar-refractivity contribution is -0.144. The lowest BCUT2D eigenvalue weighted by Crippen LogP contribution is -2.08. The van der Waals surface area contributed by atoms with Crippen LogP contribution in [0.3, 0.4) is 0 Å². The van der Waals surface area contributed by atoms with Gasteiger partial charge in [0, 0.05) is 21.2 Å². The van der Waals surface area contributed by atoms with Gasteiger partial charge in [0.1, 0.15) is 11.6 Å². The molecule has 148 valence electrons. The average molecular weight is 426 g/mol. The maximum atomic E-state index is 12.3. The summed E-state index contributed by atoms with van der Waals surface area (Å²) in [6.45, 7) is 0.273. The van der Waals surface area contributed by atoms with Crippen molar-refractivity contribution in [2.75, 3.05) is 14.2 Å². The van der Waals surface area contributed by atoms with E-state index in [0.29, 0.717) is 17.2 Å². The number of ether oxygens (including phenoxy) is 3. The van der Waals surface area contributed by atoms with Crippen LogP contribution in [0.2, 0.25) is 0 Å². The van der Waals surface area contributed by atoms with E-state index < -0.39 is 0 Å². The Balaban J connectivity index is 1.40. The van der Waals surface area contributed by atoms with Gasteiger partial charge in [-0.25, -0.2) is 4.98 Å². The summed E-state index contributed by atoms with van der Waals surface area (Å²) in [5, 5.41) is 5.87. The fourth-order valence-electron chi connectivity index (χ4n) is 2.99. The fraction of sp³-hybridized carbons (Fsp3) is 0.182. The number of carbonyl (C=O) groups is 1. The minimum Gasteiger partial charge on any atom is -0.493 e. The number of methoxy groups -OCH3 is 2. The number of aromatic nitrogens is 1. The SMILES string of the molecule is COc1ccc(-c2nc(CC(=O)OCc3csc4ccccc34)cs2)cc1OC. The monoisotopic (exact) mass is 425 g/mol. The zero-order valence-electron chi connectivity index (χ0n) is 16.0. The molecule has 5 nitrogen and oxygen atoms in total. The zero-order chi connectivity index (χ0) is 20.2. The van der Waals surface area contributed by atoms with Crippen LogP contribution in [0.25, 0.3) is 20.7 Å². The van der Waals surface area contributed by atoms with Crippen molar-refractivity contribution in [3.8, 4) is 22.1 Å². The number of hydrogen-bond acceptors (Lipinski definition) is 7. The largest absolute Gasteiger partial charge is 0.493 e. The first-order valence-electron chi connectivity index (χ1n) is 8.95. The number of esters is 1. The predicted molar refractivity (Wildman–Crippen MR) is 116 cm³/mol. The molecule has 4 aromatic rings. The molecule has 0 amide bonds. The minimum atomic E-state index is -0.288. The topological polar surface area (TPSA) is 57.7 Å². The van der Waals surface area contributed by atoms with Crippen LogP contribution in [0, 0.1) is 0 Å². The molecule has 29 heavy (non-hydrogen) atoms. The number of thiophene rings is 1. The lowest BCUT2D eigenvalue weighted by Gasteiger charge is -2.08. The van der Waals surface area contributed by atoms with Crippen LogP contribution in [-0.4, -0.2) is 25.2 Å². The van der Waals surface area contributed by atoms with Gasteiger partial charge in [0.2, 0.25) is 0 Å². The maximum Gasteiger partial charge on any atom is 0.312 e. The molecule has 0 atom stereocenters. The molecule has 0 saturated carbocycles. The molecule has 2 aromatic carbocycles. The molecule has 2 aromatic heterocycles. The molecule has 0 N–H and O–H groups in total. The first-order chi connectivity index (χ1) is 14.2. The molecule has 0 saturated heterocycles. The molecule has 0 spiro atoms. The van der Waals surface area contributed by atoms with E-state index in [1.807, 2.05) is 47.2 Å². The molecule has 0 radical (unpaired) electrons. The first-order valence-corrected chi connectivity index (χ1v) is 10.7. The van der Waals surface area contributed by atoms with Crippen molar-refractivity contribution in [1.29, 1.82) is 0 Å². The van der Waals surface area contributed by atoms with Crippen molar-refractivity contribution < 1.29 is 19.0 Å². The molecule has 2 heterocycles. The molecular weight excluding hydrogens is 406 g/mol. The van der Waals surface area contributed by atoms with Gasteiger partial charge < -0.3 is 14.2 Å². The Morgan fingerprint density at radius 3 is 2.66 bits per heavy atom. The quantitative estimate of drug-likeness (QED) is 0.375. The zero-order valence-corrected chi connectivity index (χ0v) is 17.6. The Morgan fingerprint density at radius 1 is 1.00 bits per heavy atom. The van der Waals surface area contributed by atoms with E-state index in [1.165, 1.54) is 16.0 Å². The highest BCUT2D eigenvalue weighted by atomic mass is 32.1. The number of hydrogen-bond donors (Lipinski definition) is 0. The van der Waals surface area contributed by atoms with Gasteiger partial charge in [-0.3, -0.25) is 4.79 Å². The highest BCUT2D eigenvalue weighted by Gasteiger charge is 2.13. The highest BCUT2D eigenvalue weighted by molar-refractivity contribution is 7.17. The van der Waals surface area contributed by atoms with Crippen LogP contribution in [0.1, 0.15) is 11.3 Å². The molecule has 0 aliphatic heterocycles. The maximum absolute atomic E-state index is 12.3. The Labute approximate surface area is 176 Å². The van der Waals surface area contributed by atoms with E-state index in [0.717, 1.165) is 21.5 Å². The van der Waals surface area contributed by atoms with Crippen molar-refractivity contribution in [2.45, 2.75) is 13.0 Å². The van der Waals surface area contributed by atoms with Crippen LogP contribution in [0.5, 0.6) is 11.5 Å². The van der Waals surface area contributed by atoms with E-state index >= 15 is 0 Å². The van der Waals surface area contributed by atoms with Gasteiger partial charge in [0.25, 0.3) is 0 Å². The van der Waals surface area contributed by atoms with Crippen molar-refractivity contribution in [3.63, 3.8) is 0 Å². The first kappa shape index (κ1) is 19.4. The Kier molecular flexibility index (Phi) is 5.78. The van der Waals surface area contributed by atoms with E-state index in [2.05, 4.69) is 11.1 Å². The number of carbonyl (C=O) groups excluding carboxylic acids is 1. The molecule has 0 bridgehead atoms. The number of nitrogens with zero attached hydrogens (tertiary/aromatic N) is 1. The number of thiazole rings is 1. The molecule has 4 rings (SSSR count). The molecule has 0 unspecified atom stereocenters. The van der Waals surface area contributed by atoms with Crippen LogP contribution in [0.4, 0.5) is 0 Å². The Hall–Kier alpha value is -2.90. The Morgan fingerprint density at radius 2 is 1.83 bits per heavy atom. The number of rotatable bonds is 7. The summed E-state index contributed by atoms with van der Waals surface area (Å²) in [5.74, 6) is 1.02. The highest BCUT2D eigenvalue weighted by Crippen LogP contribution is 2.33. The van der Waals surface area contributed by atoms with Gasteiger partial charge in [0.05, 0.1) is 26.3 Å². The lowest BCUT2D eigenvalue weighted by atomic mass is 10.2. The van der Waals surface area contributed by atoms with Crippen molar-refractivity contribution >= 4 is 38.7 Å². The number of benzene rings is 2. The summed E-state index contributed by atoms with van der Waals surface area (Å²) in [5.41, 5.74) is 2.64.